The van der Waals surface area contributed by atoms with Crippen LogP contribution < -0.4 is 5.43 Å². The highest BCUT2D eigenvalue weighted by atomic mass is 16.6. The van der Waals surface area contributed by atoms with Gasteiger partial charge in [-0.2, -0.15) is 0 Å². The molecule has 1 aromatic heterocycles. The Hall–Kier alpha value is -1.52. The molecular weight excluding hydrogens is 170 g/mol. The third-order valence-electron chi connectivity index (χ3n) is 1.46. The molecule has 0 aliphatic rings. The minimum Gasteiger partial charge on any atom is -0.448 e. The molecular formula is C8H13N3O2. The molecule has 0 unspecified atom stereocenters. The van der Waals surface area contributed by atoms with E-state index in [4.69, 9.17) is 4.74 Å². The minimum atomic E-state index is -0.452. The molecule has 72 valence electrons. The van der Waals surface area contributed by atoms with Crippen molar-refractivity contribution in [3.05, 3.63) is 18.7 Å². The number of unbranched alkanes of at least 4 members (excludes halogenated alkanes) is 1. The molecule has 13 heavy (non-hydrogen) atoms. The van der Waals surface area contributed by atoms with Gasteiger partial charge in [-0.05, 0) is 6.42 Å². The third kappa shape index (κ3) is 3.59. The monoisotopic (exact) mass is 183 g/mol. The molecule has 0 saturated carbocycles. The van der Waals surface area contributed by atoms with Gasteiger partial charge >= 0.3 is 6.09 Å². The number of hydrogen-bond acceptors (Lipinski definition) is 3. The lowest BCUT2D eigenvalue weighted by molar-refractivity contribution is 0.156. The van der Waals surface area contributed by atoms with E-state index in [-0.39, 0.29) is 0 Å². The number of nitrogens with zero attached hydrogens (tertiary/aromatic N) is 2. The largest absolute Gasteiger partial charge is 0.448 e. The fourth-order valence-electron chi connectivity index (χ4n) is 0.772. The zero-order valence-corrected chi connectivity index (χ0v) is 7.56. The van der Waals surface area contributed by atoms with E-state index in [1.165, 1.54) is 11.0 Å². The number of ether oxygens (including phenoxy) is 1. The van der Waals surface area contributed by atoms with Crippen LogP contribution in [0.2, 0.25) is 0 Å². The van der Waals surface area contributed by atoms with Gasteiger partial charge in [0.25, 0.3) is 0 Å². The molecule has 1 amide bonds. The molecule has 0 radical (unpaired) electrons. The topological polar surface area (TPSA) is 56.1 Å². The van der Waals surface area contributed by atoms with Crippen LogP contribution in [0.3, 0.4) is 0 Å². The highest BCUT2D eigenvalue weighted by Crippen LogP contribution is 1.89. The second-order valence-corrected chi connectivity index (χ2v) is 2.57. The first-order valence-corrected chi connectivity index (χ1v) is 4.24. The minimum absolute atomic E-state index is 0.452. The summed E-state index contributed by atoms with van der Waals surface area (Å²) >= 11 is 0. The maximum atomic E-state index is 11.0. The van der Waals surface area contributed by atoms with Gasteiger partial charge in [0, 0.05) is 12.4 Å². The van der Waals surface area contributed by atoms with E-state index >= 15 is 0 Å². The molecule has 5 nitrogen and oxygen atoms in total. The number of carbonyl (C=O) groups is 1. The molecule has 1 aromatic rings. The van der Waals surface area contributed by atoms with Crippen molar-refractivity contribution < 1.29 is 9.53 Å². The zero-order chi connectivity index (χ0) is 9.52. The zero-order valence-electron chi connectivity index (χ0n) is 7.56. The summed E-state index contributed by atoms with van der Waals surface area (Å²) in [4.78, 5) is 14.8. The van der Waals surface area contributed by atoms with Crippen LogP contribution in [0, 0.1) is 0 Å². The molecule has 0 bridgehead atoms. The van der Waals surface area contributed by atoms with Crippen molar-refractivity contribution in [1.82, 2.24) is 9.66 Å². The van der Waals surface area contributed by atoms with E-state index in [0.717, 1.165) is 12.8 Å². The molecule has 1 N–H and O–H groups in total. The number of carbonyl (C=O) groups excluding carboxylic acids is 1. The molecule has 1 rings (SSSR count). The van der Waals surface area contributed by atoms with Gasteiger partial charge in [0.15, 0.2) is 0 Å². The fourth-order valence-corrected chi connectivity index (χ4v) is 0.772. The SMILES string of the molecule is CCCCOC(=O)Nn1ccnc1. The number of rotatable bonds is 4. The van der Waals surface area contributed by atoms with Gasteiger partial charge in [-0.25, -0.2) is 19.9 Å². The predicted molar refractivity (Wildman–Crippen MR) is 47.8 cm³/mol. The molecule has 0 aliphatic carbocycles. The normalized spacial score (nSPS) is 9.62. The van der Waals surface area contributed by atoms with Crippen LogP contribution >= 0.6 is 0 Å². The first-order valence-electron chi connectivity index (χ1n) is 4.24. The standard InChI is InChI=1S/C8H13N3O2/c1-2-3-6-13-8(12)10-11-5-4-9-7-11/h4-5,7H,2-3,6H2,1H3,(H,10,12). The van der Waals surface area contributed by atoms with Gasteiger partial charge in [-0.15, -0.1) is 0 Å². The van der Waals surface area contributed by atoms with Crippen molar-refractivity contribution in [1.29, 1.82) is 0 Å². The van der Waals surface area contributed by atoms with Crippen LogP contribution in [0.4, 0.5) is 4.79 Å². The number of hydrogen-bond donors (Lipinski definition) is 1. The third-order valence-corrected chi connectivity index (χ3v) is 1.46. The summed E-state index contributed by atoms with van der Waals surface area (Å²) in [6, 6.07) is 0. The molecule has 5 heteroatoms. The van der Waals surface area contributed by atoms with Gasteiger partial charge in [0.2, 0.25) is 0 Å². The predicted octanol–water partition coefficient (Wildman–Crippen LogP) is 1.36. The van der Waals surface area contributed by atoms with Crippen molar-refractivity contribution in [3.63, 3.8) is 0 Å². The summed E-state index contributed by atoms with van der Waals surface area (Å²) in [5.41, 5.74) is 2.47. The highest BCUT2D eigenvalue weighted by molar-refractivity contribution is 5.75. The van der Waals surface area contributed by atoms with E-state index in [9.17, 15) is 4.79 Å². The Balaban J connectivity index is 2.18. The number of imidazole rings is 1. The lowest BCUT2D eigenvalue weighted by Gasteiger charge is -2.05. The van der Waals surface area contributed by atoms with Crippen LogP contribution in [-0.4, -0.2) is 22.4 Å². The summed E-state index contributed by atoms with van der Waals surface area (Å²) in [5, 5.41) is 0. The molecule has 0 saturated heterocycles. The van der Waals surface area contributed by atoms with E-state index < -0.39 is 6.09 Å². The van der Waals surface area contributed by atoms with Crippen LogP contribution in [0.15, 0.2) is 18.7 Å². The van der Waals surface area contributed by atoms with Gasteiger partial charge in [0.1, 0.15) is 6.33 Å². The second-order valence-electron chi connectivity index (χ2n) is 2.57. The van der Waals surface area contributed by atoms with Crippen molar-refractivity contribution in [2.24, 2.45) is 0 Å². The smallest absolute Gasteiger partial charge is 0.426 e. The maximum Gasteiger partial charge on any atom is 0.426 e. The van der Waals surface area contributed by atoms with Gasteiger partial charge in [-0.3, -0.25) is 0 Å². The van der Waals surface area contributed by atoms with Crippen LogP contribution in [0.5, 0.6) is 0 Å². The lowest BCUT2D eigenvalue weighted by Crippen LogP contribution is -2.22. The van der Waals surface area contributed by atoms with Crippen molar-refractivity contribution in [2.45, 2.75) is 19.8 Å². The molecule has 0 spiro atoms. The van der Waals surface area contributed by atoms with Crippen LogP contribution in [0.1, 0.15) is 19.8 Å². The summed E-state index contributed by atoms with van der Waals surface area (Å²) in [6.07, 6.45) is 6.14. The maximum absolute atomic E-state index is 11.0. The Morgan fingerprint density at radius 3 is 3.15 bits per heavy atom. The van der Waals surface area contributed by atoms with E-state index in [1.807, 2.05) is 6.92 Å². The number of aromatic nitrogens is 2. The van der Waals surface area contributed by atoms with E-state index in [0.29, 0.717) is 6.61 Å². The Bertz CT molecular complexity index is 246. The Labute approximate surface area is 76.7 Å². The molecule has 0 fully saturated rings. The number of nitrogens with one attached hydrogen (secondary N) is 1. The van der Waals surface area contributed by atoms with Crippen molar-refractivity contribution >= 4 is 6.09 Å². The van der Waals surface area contributed by atoms with E-state index in [1.54, 1.807) is 12.4 Å². The van der Waals surface area contributed by atoms with Crippen LogP contribution in [0.25, 0.3) is 0 Å². The Kier molecular flexibility index (Phi) is 3.81. The second kappa shape index (κ2) is 5.18. The van der Waals surface area contributed by atoms with E-state index in [2.05, 4.69) is 10.4 Å². The highest BCUT2D eigenvalue weighted by Gasteiger charge is 2.00. The van der Waals surface area contributed by atoms with Crippen LogP contribution in [-0.2, 0) is 4.74 Å². The van der Waals surface area contributed by atoms with Crippen molar-refractivity contribution in [2.75, 3.05) is 12.0 Å². The van der Waals surface area contributed by atoms with Crippen molar-refractivity contribution in [3.8, 4) is 0 Å². The fraction of sp³-hybridized carbons (Fsp3) is 0.500. The molecule has 0 atom stereocenters. The Morgan fingerprint density at radius 2 is 2.54 bits per heavy atom. The average Bonchev–Trinajstić information content (AvgIpc) is 2.57. The molecule has 0 aromatic carbocycles. The van der Waals surface area contributed by atoms with Gasteiger partial charge < -0.3 is 4.74 Å². The number of amides is 1. The Morgan fingerprint density at radius 1 is 1.69 bits per heavy atom. The average molecular weight is 183 g/mol. The lowest BCUT2D eigenvalue weighted by atomic mass is 10.4. The first kappa shape index (κ1) is 9.57. The summed E-state index contributed by atoms with van der Waals surface area (Å²) in [7, 11) is 0. The first-order chi connectivity index (χ1) is 6.33. The molecule has 0 aliphatic heterocycles. The summed E-state index contributed by atoms with van der Waals surface area (Å²) < 4.78 is 6.30. The van der Waals surface area contributed by atoms with Gasteiger partial charge in [0.05, 0.1) is 6.61 Å². The quantitative estimate of drug-likeness (QED) is 0.717. The van der Waals surface area contributed by atoms with Gasteiger partial charge in [-0.1, -0.05) is 13.3 Å². The summed E-state index contributed by atoms with van der Waals surface area (Å²) in [5.74, 6) is 0. The molecule has 1 heterocycles. The summed E-state index contributed by atoms with van der Waals surface area (Å²) in [6.45, 7) is 2.49.